The van der Waals surface area contributed by atoms with Crippen LogP contribution >= 0.6 is 0 Å². The summed E-state index contributed by atoms with van der Waals surface area (Å²) in [7, 11) is -1.63. The number of esters is 1. The van der Waals surface area contributed by atoms with Crippen LogP contribution in [0.15, 0.2) is 0 Å². The Labute approximate surface area is 109 Å². The van der Waals surface area contributed by atoms with E-state index in [2.05, 4.69) is 20.0 Å². The Morgan fingerprint density at radius 2 is 2.17 bits per heavy atom. The molecule has 0 aromatic heterocycles. The average Bonchev–Trinajstić information content (AvgIpc) is 2.59. The van der Waals surface area contributed by atoms with Crippen LogP contribution in [0.1, 0.15) is 26.2 Å². The molecule has 4 heteroatoms. The molecule has 4 rings (SSSR count). The van der Waals surface area contributed by atoms with Gasteiger partial charge in [0, 0.05) is 0 Å². The predicted molar refractivity (Wildman–Crippen MR) is 69.5 cm³/mol. The summed E-state index contributed by atoms with van der Waals surface area (Å²) < 4.78 is 12.4. The second kappa shape index (κ2) is 3.21. The van der Waals surface area contributed by atoms with Crippen molar-refractivity contribution in [3.05, 3.63) is 0 Å². The molecule has 2 saturated carbocycles. The molecule has 0 N–H and O–H groups in total. The van der Waals surface area contributed by atoms with Crippen molar-refractivity contribution in [2.24, 2.45) is 23.7 Å². The number of hydrogen-bond donors (Lipinski definition) is 0. The summed E-state index contributed by atoms with van der Waals surface area (Å²) >= 11 is 0. The molecule has 1 spiro atoms. The van der Waals surface area contributed by atoms with E-state index in [1.807, 2.05) is 0 Å². The fourth-order valence-electron chi connectivity index (χ4n) is 5.35. The Morgan fingerprint density at radius 3 is 2.94 bits per heavy atom. The van der Waals surface area contributed by atoms with E-state index < -0.39 is 8.32 Å². The maximum atomic E-state index is 12.2. The lowest BCUT2D eigenvalue weighted by molar-refractivity contribution is -0.169. The first kappa shape index (κ1) is 11.5. The molecule has 2 bridgehead atoms. The van der Waals surface area contributed by atoms with E-state index in [9.17, 15) is 4.79 Å². The highest BCUT2D eigenvalue weighted by molar-refractivity contribution is 6.71. The average molecular weight is 266 g/mol. The minimum absolute atomic E-state index is 0.0412. The van der Waals surface area contributed by atoms with E-state index in [4.69, 9.17) is 9.16 Å². The van der Waals surface area contributed by atoms with Gasteiger partial charge in [-0.15, -0.1) is 0 Å². The van der Waals surface area contributed by atoms with Gasteiger partial charge in [0.15, 0.2) is 8.32 Å². The zero-order valence-corrected chi connectivity index (χ0v) is 12.4. The van der Waals surface area contributed by atoms with Crippen molar-refractivity contribution in [3.8, 4) is 0 Å². The molecule has 0 radical (unpaired) electrons. The first-order valence-corrected chi connectivity index (χ1v) is 10.5. The third kappa shape index (κ3) is 1.12. The normalized spacial score (nSPS) is 56.2. The summed E-state index contributed by atoms with van der Waals surface area (Å²) in [5, 5.41) is 0. The lowest BCUT2D eigenvalue weighted by atomic mass is 9.54. The van der Waals surface area contributed by atoms with Crippen molar-refractivity contribution in [3.63, 3.8) is 0 Å². The van der Waals surface area contributed by atoms with Gasteiger partial charge in [-0.3, -0.25) is 4.79 Å². The van der Waals surface area contributed by atoms with Gasteiger partial charge in [-0.2, -0.15) is 0 Å². The summed E-state index contributed by atoms with van der Waals surface area (Å²) in [6.45, 7) is 6.85. The SMILES string of the molecule is C[C@@H]1C[C@H]2[C@@H]3CCC[Si](C)(C)O[C@@]24[C@@H]3C(=O)O[C@@H]14. The van der Waals surface area contributed by atoms with Crippen LogP contribution in [-0.4, -0.2) is 26.0 Å². The van der Waals surface area contributed by atoms with E-state index >= 15 is 0 Å². The van der Waals surface area contributed by atoms with Gasteiger partial charge < -0.3 is 9.16 Å². The second-order valence-corrected chi connectivity index (χ2v) is 11.6. The molecule has 18 heavy (non-hydrogen) atoms. The molecule has 6 atom stereocenters. The Hall–Kier alpha value is -0.353. The molecule has 4 aliphatic rings. The number of ether oxygens (including phenoxy) is 1. The van der Waals surface area contributed by atoms with Crippen molar-refractivity contribution >= 4 is 14.3 Å². The molecule has 3 nitrogen and oxygen atoms in total. The van der Waals surface area contributed by atoms with Crippen LogP contribution < -0.4 is 0 Å². The van der Waals surface area contributed by atoms with Gasteiger partial charge in [0.05, 0.1) is 5.92 Å². The molecule has 0 aromatic carbocycles. The Morgan fingerprint density at radius 1 is 1.39 bits per heavy atom. The fraction of sp³-hybridized carbons (Fsp3) is 0.929. The maximum Gasteiger partial charge on any atom is 0.312 e. The minimum Gasteiger partial charge on any atom is -0.459 e. The van der Waals surface area contributed by atoms with Crippen LogP contribution in [0.5, 0.6) is 0 Å². The maximum absolute atomic E-state index is 12.2. The van der Waals surface area contributed by atoms with Crippen LogP contribution in [-0.2, 0) is 14.0 Å². The summed E-state index contributed by atoms with van der Waals surface area (Å²) in [5.74, 6) is 1.75. The highest BCUT2D eigenvalue weighted by atomic mass is 28.4. The third-order valence-electron chi connectivity index (χ3n) is 5.86. The molecule has 2 aliphatic heterocycles. The molecule has 100 valence electrons. The quantitative estimate of drug-likeness (QED) is 0.499. The molecule has 2 aliphatic carbocycles. The first-order valence-electron chi connectivity index (χ1n) is 7.36. The second-order valence-electron chi connectivity index (χ2n) is 7.43. The lowest BCUT2D eigenvalue weighted by Gasteiger charge is -2.58. The molecule has 2 saturated heterocycles. The Balaban J connectivity index is 1.81. The molecule has 0 unspecified atom stereocenters. The minimum atomic E-state index is -1.63. The zero-order chi connectivity index (χ0) is 12.7. The number of fused-ring (bicyclic) bond motifs is 1. The molecular weight excluding hydrogens is 244 g/mol. The Bertz CT molecular complexity index is 421. The third-order valence-corrected chi connectivity index (χ3v) is 8.33. The van der Waals surface area contributed by atoms with Crippen LogP contribution in [0.2, 0.25) is 19.1 Å². The number of carbonyl (C=O) groups is 1. The Kier molecular flexibility index (Phi) is 2.04. The van der Waals surface area contributed by atoms with E-state index in [0.717, 1.165) is 0 Å². The van der Waals surface area contributed by atoms with Gasteiger partial charge in [-0.1, -0.05) is 13.3 Å². The summed E-state index contributed by atoms with van der Waals surface area (Å²) in [6, 6.07) is 1.24. The van der Waals surface area contributed by atoms with E-state index in [1.54, 1.807) is 0 Å². The topological polar surface area (TPSA) is 35.5 Å². The van der Waals surface area contributed by atoms with Gasteiger partial charge in [0.25, 0.3) is 0 Å². The van der Waals surface area contributed by atoms with E-state index in [0.29, 0.717) is 17.8 Å². The fourth-order valence-corrected chi connectivity index (χ4v) is 7.86. The number of carbonyl (C=O) groups excluding carboxylic acids is 1. The van der Waals surface area contributed by atoms with Gasteiger partial charge in [-0.05, 0) is 49.7 Å². The van der Waals surface area contributed by atoms with Gasteiger partial charge in [0.1, 0.15) is 11.7 Å². The summed E-state index contributed by atoms with van der Waals surface area (Å²) in [4.78, 5) is 12.2. The van der Waals surface area contributed by atoms with E-state index in [-0.39, 0.29) is 23.6 Å². The van der Waals surface area contributed by atoms with Gasteiger partial charge in [-0.25, -0.2) is 0 Å². The highest BCUT2D eigenvalue weighted by Crippen LogP contribution is 2.69. The standard InChI is InChI=1S/C14H22O3Si/c1-8-7-10-9-5-4-6-18(2,3)17-14(10)11(9)13(15)16-12(8)14/h8-12H,4-7H2,1-3H3/t8-,9+,10+,11+,12+,14-/m1/s1. The van der Waals surface area contributed by atoms with Crippen LogP contribution in [0.4, 0.5) is 0 Å². The van der Waals surface area contributed by atoms with E-state index in [1.165, 1.54) is 25.3 Å². The van der Waals surface area contributed by atoms with Crippen molar-refractivity contribution in [1.82, 2.24) is 0 Å². The number of rotatable bonds is 0. The lowest BCUT2D eigenvalue weighted by Crippen LogP contribution is -2.67. The van der Waals surface area contributed by atoms with Crippen molar-refractivity contribution in [2.45, 2.75) is 57.0 Å². The molecular formula is C14H22O3Si. The van der Waals surface area contributed by atoms with Crippen LogP contribution in [0, 0.1) is 23.7 Å². The van der Waals surface area contributed by atoms with Crippen molar-refractivity contribution in [1.29, 1.82) is 0 Å². The predicted octanol–water partition coefficient (Wildman–Crippen LogP) is 2.57. The molecule has 0 amide bonds. The molecule has 0 aromatic rings. The number of hydrogen-bond acceptors (Lipinski definition) is 3. The molecule has 4 fully saturated rings. The van der Waals surface area contributed by atoms with Crippen molar-refractivity contribution < 1.29 is 14.0 Å². The smallest absolute Gasteiger partial charge is 0.312 e. The van der Waals surface area contributed by atoms with Crippen molar-refractivity contribution in [2.75, 3.05) is 0 Å². The van der Waals surface area contributed by atoms with Gasteiger partial charge in [0.2, 0.25) is 0 Å². The monoisotopic (exact) mass is 266 g/mol. The summed E-state index contributed by atoms with van der Waals surface area (Å²) in [5.41, 5.74) is -0.197. The zero-order valence-electron chi connectivity index (χ0n) is 11.4. The summed E-state index contributed by atoms with van der Waals surface area (Å²) in [6.07, 6.45) is 3.70. The van der Waals surface area contributed by atoms with Crippen LogP contribution in [0.3, 0.4) is 0 Å². The highest BCUT2D eigenvalue weighted by Gasteiger charge is 2.79. The largest absolute Gasteiger partial charge is 0.459 e. The van der Waals surface area contributed by atoms with Crippen LogP contribution in [0.25, 0.3) is 0 Å². The van der Waals surface area contributed by atoms with Gasteiger partial charge >= 0.3 is 5.97 Å². The first-order chi connectivity index (χ1) is 8.46. The molecule has 2 heterocycles.